The lowest BCUT2D eigenvalue weighted by Crippen LogP contribution is -2.31. The van der Waals surface area contributed by atoms with Gasteiger partial charge in [0, 0.05) is 26.2 Å². The predicted molar refractivity (Wildman–Crippen MR) is 54.6 cm³/mol. The molecule has 0 aromatic carbocycles. The van der Waals surface area contributed by atoms with Gasteiger partial charge in [0.25, 0.3) is 0 Å². The van der Waals surface area contributed by atoms with Crippen LogP contribution in [0.4, 0.5) is 0 Å². The Bertz CT molecular complexity index is 66.2. The van der Waals surface area contributed by atoms with Crippen molar-refractivity contribution in [3.63, 3.8) is 0 Å². The van der Waals surface area contributed by atoms with Crippen LogP contribution < -0.4 is 16.0 Å². The van der Waals surface area contributed by atoms with Crippen LogP contribution in [0.25, 0.3) is 0 Å². The molecule has 3 N–H and O–H groups in total. The fourth-order valence-corrected chi connectivity index (χ4v) is 0.942. The van der Waals surface area contributed by atoms with Gasteiger partial charge in [0.1, 0.15) is 0 Å². The standard InChI is InChI=1S/C9H23N3/c1-3-4-5-11-8-9-12-7-6-10-2/h10-12H,3-9H2,1-2H3. The quantitative estimate of drug-likeness (QED) is 0.436. The fourth-order valence-electron chi connectivity index (χ4n) is 0.942. The molecule has 0 heterocycles. The molecule has 3 heteroatoms. The summed E-state index contributed by atoms with van der Waals surface area (Å²) in [6, 6.07) is 0. The van der Waals surface area contributed by atoms with E-state index in [0.717, 1.165) is 32.7 Å². The monoisotopic (exact) mass is 173 g/mol. The first-order valence-corrected chi connectivity index (χ1v) is 4.97. The molecule has 0 aliphatic heterocycles. The van der Waals surface area contributed by atoms with Gasteiger partial charge in [-0.3, -0.25) is 0 Å². The second-order valence-corrected chi connectivity index (χ2v) is 2.96. The number of likely N-dealkylation sites (N-methyl/N-ethyl adjacent to an activating group) is 1. The molecule has 0 saturated heterocycles. The summed E-state index contributed by atoms with van der Waals surface area (Å²) in [6.45, 7) is 7.65. The highest BCUT2D eigenvalue weighted by atomic mass is 15.0. The van der Waals surface area contributed by atoms with Crippen molar-refractivity contribution in [2.24, 2.45) is 0 Å². The number of nitrogens with one attached hydrogen (secondary N) is 3. The third-order valence-corrected chi connectivity index (χ3v) is 1.74. The lowest BCUT2D eigenvalue weighted by molar-refractivity contribution is 0.585. The zero-order chi connectivity index (χ0) is 9.07. The first-order valence-electron chi connectivity index (χ1n) is 4.97. The molecule has 0 aliphatic rings. The summed E-state index contributed by atoms with van der Waals surface area (Å²) in [7, 11) is 1.97. The summed E-state index contributed by atoms with van der Waals surface area (Å²) in [6.07, 6.45) is 2.57. The van der Waals surface area contributed by atoms with E-state index in [1.165, 1.54) is 12.8 Å². The molecule has 12 heavy (non-hydrogen) atoms. The van der Waals surface area contributed by atoms with Gasteiger partial charge in [-0.1, -0.05) is 13.3 Å². The third-order valence-electron chi connectivity index (χ3n) is 1.74. The largest absolute Gasteiger partial charge is 0.318 e. The number of hydrogen-bond donors (Lipinski definition) is 3. The average Bonchev–Trinajstić information content (AvgIpc) is 2.10. The average molecular weight is 173 g/mol. The van der Waals surface area contributed by atoms with Crippen molar-refractivity contribution in [2.75, 3.05) is 39.8 Å². The highest BCUT2D eigenvalue weighted by molar-refractivity contribution is 4.52. The summed E-state index contributed by atoms with van der Waals surface area (Å²) in [5.41, 5.74) is 0. The van der Waals surface area contributed by atoms with Gasteiger partial charge in [0.15, 0.2) is 0 Å². The van der Waals surface area contributed by atoms with Crippen LogP contribution in [0.1, 0.15) is 19.8 Å². The van der Waals surface area contributed by atoms with Gasteiger partial charge < -0.3 is 16.0 Å². The van der Waals surface area contributed by atoms with Crippen LogP contribution in [0.2, 0.25) is 0 Å². The van der Waals surface area contributed by atoms with E-state index in [2.05, 4.69) is 22.9 Å². The minimum Gasteiger partial charge on any atom is -0.318 e. The Balaban J connectivity index is 2.73. The first kappa shape index (κ1) is 11.9. The Morgan fingerprint density at radius 1 is 0.833 bits per heavy atom. The highest BCUT2D eigenvalue weighted by Crippen LogP contribution is 1.80. The Hall–Kier alpha value is -0.120. The van der Waals surface area contributed by atoms with E-state index in [0.29, 0.717) is 0 Å². The van der Waals surface area contributed by atoms with E-state index < -0.39 is 0 Å². The van der Waals surface area contributed by atoms with Gasteiger partial charge in [-0.2, -0.15) is 0 Å². The van der Waals surface area contributed by atoms with Crippen molar-refractivity contribution < 1.29 is 0 Å². The van der Waals surface area contributed by atoms with Crippen LogP contribution in [-0.2, 0) is 0 Å². The number of rotatable bonds is 9. The number of hydrogen-bond acceptors (Lipinski definition) is 3. The van der Waals surface area contributed by atoms with Gasteiger partial charge in [-0.25, -0.2) is 0 Å². The van der Waals surface area contributed by atoms with Crippen molar-refractivity contribution in [1.82, 2.24) is 16.0 Å². The van der Waals surface area contributed by atoms with E-state index in [1.54, 1.807) is 0 Å². The Morgan fingerprint density at radius 2 is 1.42 bits per heavy atom. The highest BCUT2D eigenvalue weighted by Gasteiger charge is 1.86. The molecule has 0 radical (unpaired) electrons. The van der Waals surface area contributed by atoms with Crippen LogP contribution >= 0.6 is 0 Å². The minimum absolute atomic E-state index is 1.05. The van der Waals surface area contributed by atoms with E-state index in [1.807, 2.05) is 7.05 Å². The topological polar surface area (TPSA) is 36.1 Å². The normalized spacial score (nSPS) is 10.5. The summed E-state index contributed by atoms with van der Waals surface area (Å²) >= 11 is 0. The van der Waals surface area contributed by atoms with Gasteiger partial charge >= 0.3 is 0 Å². The SMILES string of the molecule is CCCCNCCNCCNC. The minimum atomic E-state index is 1.05. The lowest BCUT2D eigenvalue weighted by Gasteiger charge is -2.05. The van der Waals surface area contributed by atoms with E-state index >= 15 is 0 Å². The maximum Gasteiger partial charge on any atom is 0.00772 e. The molecule has 0 fully saturated rings. The zero-order valence-corrected chi connectivity index (χ0v) is 8.45. The van der Waals surface area contributed by atoms with Crippen LogP contribution in [0, 0.1) is 0 Å². The summed E-state index contributed by atoms with van der Waals surface area (Å²) < 4.78 is 0. The fraction of sp³-hybridized carbons (Fsp3) is 1.00. The van der Waals surface area contributed by atoms with E-state index in [4.69, 9.17) is 0 Å². The molecule has 0 amide bonds. The van der Waals surface area contributed by atoms with Gasteiger partial charge in [-0.15, -0.1) is 0 Å². The maximum absolute atomic E-state index is 3.38. The van der Waals surface area contributed by atoms with Crippen LogP contribution in [0.3, 0.4) is 0 Å². The smallest absolute Gasteiger partial charge is 0.00772 e. The summed E-state index contributed by atoms with van der Waals surface area (Å²) in [4.78, 5) is 0. The van der Waals surface area contributed by atoms with Crippen molar-refractivity contribution in [3.8, 4) is 0 Å². The van der Waals surface area contributed by atoms with Gasteiger partial charge in [-0.05, 0) is 20.0 Å². The second-order valence-electron chi connectivity index (χ2n) is 2.96. The molecule has 0 aromatic heterocycles. The molecule has 0 spiro atoms. The predicted octanol–water partition coefficient (Wildman–Crippen LogP) is 0.185. The molecule has 74 valence electrons. The molecule has 0 aliphatic carbocycles. The Kier molecular flexibility index (Phi) is 10.8. The maximum atomic E-state index is 3.38. The molecular weight excluding hydrogens is 150 g/mol. The molecular formula is C9H23N3. The summed E-state index contributed by atoms with van der Waals surface area (Å²) in [5, 5.41) is 9.81. The molecule has 0 saturated carbocycles. The first-order chi connectivity index (χ1) is 5.91. The van der Waals surface area contributed by atoms with Gasteiger partial charge in [0.05, 0.1) is 0 Å². The number of unbranched alkanes of at least 4 members (excludes halogenated alkanes) is 1. The molecule has 0 bridgehead atoms. The molecule has 0 aromatic rings. The molecule has 0 atom stereocenters. The second kappa shape index (κ2) is 10.9. The summed E-state index contributed by atoms with van der Waals surface area (Å²) in [5.74, 6) is 0. The van der Waals surface area contributed by atoms with Crippen LogP contribution in [0.5, 0.6) is 0 Å². The molecule has 0 rings (SSSR count). The van der Waals surface area contributed by atoms with E-state index in [9.17, 15) is 0 Å². The lowest BCUT2D eigenvalue weighted by atomic mass is 10.3. The zero-order valence-electron chi connectivity index (χ0n) is 8.45. The molecule has 3 nitrogen and oxygen atoms in total. The molecule has 0 unspecified atom stereocenters. The van der Waals surface area contributed by atoms with Crippen molar-refractivity contribution in [3.05, 3.63) is 0 Å². The van der Waals surface area contributed by atoms with Gasteiger partial charge in [0.2, 0.25) is 0 Å². The Morgan fingerprint density at radius 3 is 2.00 bits per heavy atom. The van der Waals surface area contributed by atoms with Crippen LogP contribution in [0.15, 0.2) is 0 Å². The van der Waals surface area contributed by atoms with E-state index in [-0.39, 0.29) is 0 Å². The Labute approximate surface area is 76.3 Å². The van der Waals surface area contributed by atoms with Crippen molar-refractivity contribution >= 4 is 0 Å². The van der Waals surface area contributed by atoms with Crippen molar-refractivity contribution in [1.29, 1.82) is 0 Å². The van der Waals surface area contributed by atoms with Crippen molar-refractivity contribution in [2.45, 2.75) is 19.8 Å². The third kappa shape index (κ3) is 9.88. The van der Waals surface area contributed by atoms with Crippen LogP contribution in [-0.4, -0.2) is 39.8 Å².